The summed E-state index contributed by atoms with van der Waals surface area (Å²) in [6.07, 6.45) is 3.94. The molecule has 0 spiro atoms. The van der Waals surface area contributed by atoms with Gasteiger partial charge in [0, 0.05) is 45.7 Å². The number of nitrogens with zero attached hydrogens (tertiary/aromatic N) is 3. The van der Waals surface area contributed by atoms with Crippen molar-refractivity contribution in [3.05, 3.63) is 108 Å². The number of hydrogen-bond acceptors (Lipinski definition) is 3. The van der Waals surface area contributed by atoms with E-state index in [1.54, 1.807) is 0 Å². The maximum Gasteiger partial charge on any atom is 0.145 e. The van der Waals surface area contributed by atoms with Crippen LogP contribution in [0, 0.1) is 13.8 Å². The molecule has 42 heavy (non-hydrogen) atoms. The Bertz CT molecular complexity index is 1980. The molecule has 0 unspecified atom stereocenters. The van der Waals surface area contributed by atoms with Gasteiger partial charge in [-0.25, -0.2) is 4.98 Å². The summed E-state index contributed by atoms with van der Waals surface area (Å²) in [5.74, 6) is 0.309. The lowest BCUT2D eigenvalue weighted by Crippen LogP contribution is -2.17. The van der Waals surface area contributed by atoms with Crippen molar-refractivity contribution >= 4 is 16.4 Å². The van der Waals surface area contributed by atoms with Crippen molar-refractivity contribution in [3.8, 4) is 39.4 Å². The lowest BCUT2D eigenvalue weighted by atomic mass is 9.78. The van der Waals surface area contributed by atoms with E-state index in [0.29, 0.717) is 5.75 Å². The molecule has 6 aromatic rings. The molecule has 1 N–H and O–H groups in total. The lowest BCUT2D eigenvalue weighted by molar-refractivity contribution is 0.446. The molecule has 0 aliphatic rings. The SMILES string of the molecule is Cc1cc(-c2nccc3ccccc23)cc(-c2cccn3c(C)c(-c4cc(C(C)(C)C)cc(C(C)(C)C)c4O)nc23)c1. The largest absolute Gasteiger partial charge is 0.507 e. The Hall–Kier alpha value is -4.44. The third-order valence-corrected chi connectivity index (χ3v) is 8.26. The van der Waals surface area contributed by atoms with Crippen molar-refractivity contribution in [1.29, 1.82) is 0 Å². The van der Waals surface area contributed by atoms with Gasteiger partial charge in [-0.05, 0) is 83.2 Å². The molecule has 3 aromatic carbocycles. The number of hydrogen-bond donors (Lipinski definition) is 1. The first-order valence-electron chi connectivity index (χ1n) is 14.6. The number of phenols is 1. The lowest BCUT2D eigenvalue weighted by Gasteiger charge is -2.27. The Morgan fingerprint density at radius 3 is 2.19 bits per heavy atom. The van der Waals surface area contributed by atoms with E-state index >= 15 is 0 Å². The fourth-order valence-corrected chi connectivity index (χ4v) is 5.91. The van der Waals surface area contributed by atoms with Gasteiger partial charge in [-0.3, -0.25) is 4.98 Å². The fraction of sp³-hybridized carbons (Fsp3) is 0.263. The molecule has 4 heteroatoms. The average molecular weight is 554 g/mol. The average Bonchev–Trinajstić information content (AvgIpc) is 3.27. The van der Waals surface area contributed by atoms with E-state index < -0.39 is 0 Å². The van der Waals surface area contributed by atoms with Crippen molar-refractivity contribution in [2.45, 2.75) is 66.2 Å². The third-order valence-electron chi connectivity index (χ3n) is 8.26. The summed E-state index contributed by atoms with van der Waals surface area (Å²) < 4.78 is 2.14. The first-order chi connectivity index (χ1) is 19.8. The summed E-state index contributed by atoms with van der Waals surface area (Å²) >= 11 is 0. The molecule has 0 atom stereocenters. The first kappa shape index (κ1) is 27.7. The monoisotopic (exact) mass is 553 g/mol. The molecular formula is C38H39N3O. The third kappa shape index (κ3) is 4.75. The Kier molecular flexibility index (Phi) is 6.49. The second-order valence-corrected chi connectivity index (χ2v) is 13.5. The number of aryl methyl sites for hydroxylation is 2. The van der Waals surface area contributed by atoms with E-state index in [-0.39, 0.29) is 10.8 Å². The van der Waals surface area contributed by atoms with E-state index in [0.717, 1.165) is 61.5 Å². The number of benzene rings is 3. The maximum absolute atomic E-state index is 11.6. The van der Waals surface area contributed by atoms with Crippen LogP contribution in [0.25, 0.3) is 50.1 Å². The molecule has 0 aliphatic heterocycles. The van der Waals surface area contributed by atoms with Gasteiger partial charge >= 0.3 is 0 Å². The van der Waals surface area contributed by atoms with Gasteiger partial charge in [0.25, 0.3) is 0 Å². The smallest absolute Gasteiger partial charge is 0.145 e. The van der Waals surface area contributed by atoms with Crippen LogP contribution in [0.5, 0.6) is 5.75 Å². The highest BCUT2D eigenvalue weighted by Gasteiger charge is 2.27. The number of aromatic hydroxyl groups is 1. The second-order valence-electron chi connectivity index (χ2n) is 13.5. The molecule has 0 radical (unpaired) electrons. The second kappa shape index (κ2) is 9.84. The minimum Gasteiger partial charge on any atom is -0.507 e. The number of imidazole rings is 1. The highest BCUT2D eigenvalue weighted by atomic mass is 16.3. The van der Waals surface area contributed by atoms with Crippen LogP contribution < -0.4 is 0 Å². The predicted octanol–water partition coefficient (Wildman–Crippen LogP) is 9.80. The zero-order chi connectivity index (χ0) is 30.0. The van der Waals surface area contributed by atoms with Crippen molar-refractivity contribution in [2.24, 2.45) is 0 Å². The molecule has 212 valence electrons. The molecule has 4 nitrogen and oxygen atoms in total. The van der Waals surface area contributed by atoms with E-state index in [9.17, 15) is 5.11 Å². The van der Waals surface area contributed by atoms with Gasteiger partial charge in [0.05, 0.1) is 11.4 Å². The van der Waals surface area contributed by atoms with Gasteiger partial charge in [-0.15, -0.1) is 0 Å². The molecule has 3 heterocycles. The van der Waals surface area contributed by atoms with E-state index in [2.05, 4.69) is 139 Å². The van der Waals surface area contributed by atoms with E-state index in [1.807, 2.05) is 6.20 Å². The number of fused-ring (bicyclic) bond motifs is 2. The van der Waals surface area contributed by atoms with E-state index in [1.165, 1.54) is 10.9 Å². The van der Waals surface area contributed by atoms with Gasteiger partial charge in [-0.2, -0.15) is 0 Å². The molecular weight excluding hydrogens is 514 g/mol. The summed E-state index contributed by atoms with van der Waals surface area (Å²) in [6, 6.07) is 25.6. The number of phenolic OH excluding ortho intramolecular Hbond substituents is 1. The van der Waals surface area contributed by atoms with Crippen LogP contribution in [-0.2, 0) is 10.8 Å². The van der Waals surface area contributed by atoms with Crippen LogP contribution in [0.3, 0.4) is 0 Å². The molecule has 0 bridgehead atoms. The van der Waals surface area contributed by atoms with Crippen molar-refractivity contribution in [3.63, 3.8) is 0 Å². The Morgan fingerprint density at radius 1 is 0.714 bits per heavy atom. The molecule has 0 saturated heterocycles. The van der Waals surface area contributed by atoms with Crippen LogP contribution >= 0.6 is 0 Å². The number of pyridine rings is 2. The van der Waals surface area contributed by atoms with Crippen molar-refractivity contribution in [1.82, 2.24) is 14.4 Å². The normalized spacial score (nSPS) is 12.4. The van der Waals surface area contributed by atoms with Gasteiger partial charge in [0.2, 0.25) is 0 Å². The summed E-state index contributed by atoms with van der Waals surface area (Å²) in [7, 11) is 0. The topological polar surface area (TPSA) is 50.4 Å². The summed E-state index contributed by atoms with van der Waals surface area (Å²) in [4.78, 5) is 10.0. The van der Waals surface area contributed by atoms with Crippen LogP contribution in [0.1, 0.15) is 63.9 Å². The molecule has 6 rings (SSSR count). The van der Waals surface area contributed by atoms with Gasteiger partial charge < -0.3 is 9.51 Å². The minimum atomic E-state index is -0.216. The molecule has 3 aromatic heterocycles. The fourth-order valence-electron chi connectivity index (χ4n) is 5.91. The Balaban J connectivity index is 1.57. The van der Waals surface area contributed by atoms with Crippen LogP contribution in [0.15, 0.2) is 85.2 Å². The van der Waals surface area contributed by atoms with Gasteiger partial charge in [0.15, 0.2) is 0 Å². The summed E-state index contributed by atoms with van der Waals surface area (Å²) in [5.41, 5.74) is 10.6. The molecule has 0 amide bonds. The van der Waals surface area contributed by atoms with E-state index in [4.69, 9.17) is 9.97 Å². The standard InChI is InChI=1S/C38H39N3O/c1-23-18-26(20-27(19-23)34-29-13-10-9-12-25(29)15-16-39-34)30-14-11-17-41-24(2)33(40-36(30)41)31-21-28(37(3,4)5)22-32(35(31)42)38(6,7)8/h9-22,42H,1-8H3. The molecule has 0 saturated carbocycles. The molecule has 0 aliphatic carbocycles. The van der Waals surface area contributed by atoms with Crippen LogP contribution in [0.4, 0.5) is 0 Å². The predicted molar refractivity (Wildman–Crippen MR) is 175 cm³/mol. The zero-order valence-corrected chi connectivity index (χ0v) is 25.9. The van der Waals surface area contributed by atoms with Crippen LogP contribution in [0.2, 0.25) is 0 Å². The quantitative estimate of drug-likeness (QED) is 0.237. The molecule has 0 fully saturated rings. The Morgan fingerprint density at radius 2 is 1.45 bits per heavy atom. The summed E-state index contributed by atoms with van der Waals surface area (Å²) in [5, 5.41) is 13.9. The number of rotatable bonds is 3. The first-order valence-corrected chi connectivity index (χ1v) is 14.6. The van der Waals surface area contributed by atoms with Gasteiger partial charge in [-0.1, -0.05) is 77.9 Å². The van der Waals surface area contributed by atoms with Crippen LogP contribution in [-0.4, -0.2) is 19.5 Å². The Labute approximate surface area is 248 Å². The minimum absolute atomic E-state index is 0.0751. The highest BCUT2D eigenvalue weighted by molar-refractivity contribution is 5.95. The summed E-state index contributed by atoms with van der Waals surface area (Å²) in [6.45, 7) is 17.3. The van der Waals surface area contributed by atoms with Gasteiger partial charge in [0.1, 0.15) is 11.4 Å². The zero-order valence-electron chi connectivity index (χ0n) is 25.9. The number of aromatic nitrogens is 3. The highest BCUT2D eigenvalue weighted by Crippen LogP contribution is 2.43. The van der Waals surface area contributed by atoms with Crippen molar-refractivity contribution in [2.75, 3.05) is 0 Å². The maximum atomic E-state index is 11.6. The van der Waals surface area contributed by atoms with Crippen molar-refractivity contribution < 1.29 is 5.11 Å².